The highest BCUT2D eigenvalue weighted by Gasteiger charge is 2.06. The quantitative estimate of drug-likeness (QED) is 0.825. The first-order chi connectivity index (χ1) is 7.25. The third kappa shape index (κ3) is 2.89. The van der Waals surface area contributed by atoms with E-state index in [1.165, 1.54) is 18.1 Å². The molecule has 15 heavy (non-hydrogen) atoms. The maximum Gasteiger partial charge on any atom is 0.123 e. The second kappa shape index (κ2) is 4.90. The van der Waals surface area contributed by atoms with Gasteiger partial charge in [-0.2, -0.15) is 0 Å². The molecule has 1 aromatic rings. The average molecular weight is 270 g/mol. The van der Waals surface area contributed by atoms with E-state index >= 15 is 0 Å². The first kappa shape index (κ1) is 10.8. The fourth-order valence-electron chi connectivity index (χ4n) is 1.75. The number of benzene rings is 1. The lowest BCUT2D eigenvalue weighted by atomic mass is 10.0. The molecule has 1 aliphatic heterocycles. The maximum absolute atomic E-state index is 13.0. The molecule has 80 valence electrons. The third-order valence-electron chi connectivity index (χ3n) is 2.52. The molecule has 1 N–H and O–H groups in total. The van der Waals surface area contributed by atoms with Gasteiger partial charge in [0, 0.05) is 11.0 Å². The molecule has 1 aromatic carbocycles. The van der Waals surface area contributed by atoms with Crippen LogP contribution in [0.1, 0.15) is 18.4 Å². The summed E-state index contributed by atoms with van der Waals surface area (Å²) in [6.07, 6.45) is 4.34. The highest BCUT2D eigenvalue weighted by molar-refractivity contribution is 9.10. The molecule has 0 atom stereocenters. The zero-order chi connectivity index (χ0) is 10.7. The second-order valence-corrected chi connectivity index (χ2v) is 4.60. The van der Waals surface area contributed by atoms with Crippen molar-refractivity contribution in [1.29, 1.82) is 0 Å². The van der Waals surface area contributed by atoms with E-state index in [-0.39, 0.29) is 5.82 Å². The van der Waals surface area contributed by atoms with Gasteiger partial charge >= 0.3 is 0 Å². The van der Waals surface area contributed by atoms with Crippen LogP contribution >= 0.6 is 15.9 Å². The predicted octanol–water partition coefficient (Wildman–Crippen LogP) is 3.36. The zero-order valence-corrected chi connectivity index (χ0v) is 9.98. The van der Waals surface area contributed by atoms with Gasteiger partial charge in [-0.1, -0.05) is 27.6 Å². The molecule has 1 heterocycles. The Labute approximate surface area is 97.5 Å². The fraction of sp³-hybridized carbons (Fsp3) is 0.333. The van der Waals surface area contributed by atoms with Crippen LogP contribution in [0, 0.1) is 5.82 Å². The molecule has 1 saturated heterocycles. The molecule has 0 saturated carbocycles. The number of halogens is 2. The summed E-state index contributed by atoms with van der Waals surface area (Å²) in [6.45, 7) is 2.00. The summed E-state index contributed by atoms with van der Waals surface area (Å²) in [5.41, 5.74) is 2.27. The number of hydrogen-bond acceptors (Lipinski definition) is 1. The Morgan fingerprint density at radius 3 is 3.00 bits per heavy atom. The van der Waals surface area contributed by atoms with Gasteiger partial charge in [0.2, 0.25) is 0 Å². The smallest absolute Gasteiger partial charge is 0.123 e. The minimum Gasteiger partial charge on any atom is -0.313 e. The van der Waals surface area contributed by atoms with Crippen molar-refractivity contribution < 1.29 is 4.39 Å². The third-order valence-corrected chi connectivity index (χ3v) is 3.24. The summed E-state index contributed by atoms with van der Waals surface area (Å²) in [4.78, 5) is 0. The monoisotopic (exact) mass is 269 g/mol. The van der Waals surface area contributed by atoms with Gasteiger partial charge in [0.1, 0.15) is 5.82 Å². The van der Waals surface area contributed by atoms with Crippen molar-refractivity contribution in [3.63, 3.8) is 0 Å². The van der Waals surface area contributed by atoms with Crippen molar-refractivity contribution in [2.45, 2.75) is 12.8 Å². The molecule has 1 fully saturated rings. The van der Waals surface area contributed by atoms with E-state index in [4.69, 9.17) is 0 Å². The fourth-order valence-corrected chi connectivity index (χ4v) is 2.11. The van der Waals surface area contributed by atoms with Crippen molar-refractivity contribution in [1.82, 2.24) is 5.32 Å². The topological polar surface area (TPSA) is 12.0 Å². The molecular formula is C12H13BrFN. The predicted molar refractivity (Wildman–Crippen MR) is 64.2 cm³/mol. The van der Waals surface area contributed by atoms with Crippen LogP contribution in [0.5, 0.6) is 0 Å². The largest absolute Gasteiger partial charge is 0.313 e. The van der Waals surface area contributed by atoms with Gasteiger partial charge in [0.15, 0.2) is 0 Å². The highest BCUT2D eigenvalue weighted by atomic mass is 79.9. The summed E-state index contributed by atoms with van der Waals surface area (Å²) >= 11 is 3.43. The zero-order valence-electron chi connectivity index (χ0n) is 8.39. The molecule has 0 aliphatic carbocycles. The highest BCUT2D eigenvalue weighted by Crippen LogP contribution is 2.22. The molecular weight excluding hydrogens is 257 g/mol. The van der Waals surface area contributed by atoms with Crippen LogP contribution in [0.4, 0.5) is 4.39 Å². The molecule has 1 aliphatic rings. The molecule has 0 amide bonds. The van der Waals surface area contributed by atoms with Crippen molar-refractivity contribution in [2.24, 2.45) is 0 Å². The Hall–Kier alpha value is -0.670. The lowest BCUT2D eigenvalue weighted by Gasteiger charge is -2.15. The number of hydrogen-bond donors (Lipinski definition) is 1. The maximum atomic E-state index is 13.0. The molecule has 0 radical (unpaired) electrons. The molecule has 0 spiro atoms. The minimum atomic E-state index is -0.186. The van der Waals surface area contributed by atoms with E-state index in [1.54, 1.807) is 12.1 Å². The standard InChI is InChI=1S/C12H13BrFN/c13-12-4-3-11(14)7-10(12)6-9-2-1-5-15-8-9/h3-4,6-7,15H,1-2,5,8H2. The van der Waals surface area contributed by atoms with Crippen LogP contribution in [-0.4, -0.2) is 13.1 Å². The van der Waals surface area contributed by atoms with Crippen LogP contribution in [0.25, 0.3) is 6.08 Å². The van der Waals surface area contributed by atoms with Gasteiger partial charge in [-0.3, -0.25) is 0 Å². The van der Waals surface area contributed by atoms with Crippen LogP contribution < -0.4 is 5.32 Å². The van der Waals surface area contributed by atoms with E-state index < -0.39 is 0 Å². The summed E-state index contributed by atoms with van der Waals surface area (Å²) < 4.78 is 14.0. The first-order valence-electron chi connectivity index (χ1n) is 5.11. The van der Waals surface area contributed by atoms with Gasteiger partial charge in [0.05, 0.1) is 0 Å². The van der Waals surface area contributed by atoms with Crippen LogP contribution in [0.15, 0.2) is 28.2 Å². The number of rotatable bonds is 1. The van der Waals surface area contributed by atoms with Gasteiger partial charge in [0.25, 0.3) is 0 Å². The van der Waals surface area contributed by atoms with E-state index in [0.717, 1.165) is 29.5 Å². The van der Waals surface area contributed by atoms with E-state index in [9.17, 15) is 4.39 Å². The Kier molecular flexibility index (Phi) is 3.54. The molecule has 3 heteroatoms. The molecule has 2 rings (SSSR count). The van der Waals surface area contributed by atoms with Crippen LogP contribution in [0.3, 0.4) is 0 Å². The Morgan fingerprint density at radius 1 is 1.40 bits per heavy atom. The van der Waals surface area contributed by atoms with Crippen LogP contribution in [0.2, 0.25) is 0 Å². The summed E-state index contributed by atoms with van der Waals surface area (Å²) in [7, 11) is 0. The van der Waals surface area contributed by atoms with E-state index in [0.29, 0.717) is 0 Å². The van der Waals surface area contributed by atoms with Crippen molar-refractivity contribution in [2.75, 3.05) is 13.1 Å². The number of piperidine rings is 1. The Morgan fingerprint density at radius 2 is 2.27 bits per heavy atom. The van der Waals surface area contributed by atoms with Crippen molar-refractivity contribution in [3.05, 3.63) is 39.6 Å². The minimum absolute atomic E-state index is 0.186. The normalized spacial score (nSPS) is 19.5. The van der Waals surface area contributed by atoms with Crippen LogP contribution in [-0.2, 0) is 0 Å². The van der Waals surface area contributed by atoms with Gasteiger partial charge < -0.3 is 5.32 Å². The average Bonchev–Trinajstić information content (AvgIpc) is 2.25. The summed E-state index contributed by atoms with van der Waals surface area (Å²) in [5, 5.41) is 3.31. The summed E-state index contributed by atoms with van der Waals surface area (Å²) in [5.74, 6) is -0.186. The first-order valence-corrected chi connectivity index (χ1v) is 5.90. The number of nitrogens with one attached hydrogen (secondary N) is 1. The van der Waals surface area contributed by atoms with Gasteiger partial charge in [-0.05, 0) is 43.1 Å². The lowest BCUT2D eigenvalue weighted by Crippen LogP contribution is -2.23. The summed E-state index contributed by atoms with van der Waals surface area (Å²) in [6, 6.07) is 4.77. The van der Waals surface area contributed by atoms with Crippen molar-refractivity contribution in [3.8, 4) is 0 Å². The van der Waals surface area contributed by atoms with Gasteiger partial charge in [-0.25, -0.2) is 4.39 Å². The van der Waals surface area contributed by atoms with Gasteiger partial charge in [-0.15, -0.1) is 0 Å². The molecule has 0 bridgehead atoms. The van der Waals surface area contributed by atoms with E-state index in [1.807, 2.05) is 0 Å². The Balaban J connectivity index is 2.25. The second-order valence-electron chi connectivity index (χ2n) is 3.75. The molecule has 1 nitrogen and oxygen atoms in total. The lowest BCUT2D eigenvalue weighted by molar-refractivity contribution is 0.612. The van der Waals surface area contributed by atoms with E-state index in [2.05, 4.69) is 27.3 Å². The molecule has 0 unspecified atom stereocenters. The van der Waals surface area contributed by atoms with Crippen molar-refractivity contribution >= 4 is 22.0 Å². The Bertz CT molecular complexity index is 379. The SMILES string of the molecule is Fc1ccc(Br)c(C=C2CCCNC2)c1. The molecule has 0 aromatic heterocycles.